The van der Waals surface area contributed by atoms with Crippen LogP contribution in [0.1, 0.15) is 32.4 Å². The van der Waals surface area contributed by atoms with Crippen LogP contribution < -0.4 is 0 Å². The van der Waals surface area contributed by atoms with Crippen molar-refractivity contribution in [3.63, 3.8) is 0 Å². The molecule has 0 aliphatic carbocycles. The van der Waals surface area contributed by atoms with Crippen LogP contribution in [0.4, 0.5) is 0 Å². The lowest BCUT2D eigenvalue weighted by molar-refractivity contribution is 0.0767. The first kappa shape index (κ1) is 18.4. The number of amides is 1. The molecule has 2 fully saturated rings. The Labute approximate surface area is 173 Å². The van der Waals surface area contributed by atoms with Gasteiger partial charge in [-0.3, -0.25) is 9.69 Å². The number of rotatable bonds is 3. The molecule has 0 N–H and O–H groups in total. The number of aromatic nitrogens is 4. The summed E-state index contributed by atoms with van der Waals surface area (Å²) in [5.41, 5.74) is 3.11. The number of nitrogens with zero attached hydrogens (tertiary/aromatic N) is 6. The van der Waals surface area contributed by atoms with Crippen molar-refractivity contribution < 1.29 is 4.79 Å². The first-order valence-electron chi connectivity index (χ1n) is 9.92. The van der Waals surface area contributed by atoms with Crippen molar-refractivity contribution in [1.82, 2.24) is 30.0 Å². The van der Waals surface area contributed by atoms with E-state index in [2.05, 4.69) is 57.8 Å². The average molecular weight is 409 g/mol. The van der Waals surface area contributed by atoms with Crippen LogP contribution >= 0.6 is 11.3 Å². The molecule has 0 bridgehead atoms. The molecule has 4 heterocycles. The molecule has 3 atom stereocenters. The van der Waals surface area contributed by atoms with E-state index in [0.717, 1.165) is 40.6 Å². The fourth-order valence-corrected chi connectivity index (χ4v) is 6.07. The van der Waals surface area contributed by atoms with Gasteiger partial charge in [-0.25, -0.2) is 0 Å². The third kappa shape index (κ3) is 2.98. The van der Waals surface area contributed by atoms with Gasteiger partial charge in [-0.15, -0.1) is 16.4 Å². The van der Waals surface area contributed by atoms with Crippen LogP contribution in [0.25, 0.3) is 5.00 Å². The number of thiophene rings is 1. The maximum atomic E-state index is 13.6. The Morgan fingerprint density at radius 2 is 1.93 bits per heavy atom. The minimum atomic E-state index is 0.0983. The van der Waals surface area contributed by atoms with Crippen LogP contribution in [-0.4, -0.2) is 62.6 Å². The highest BCUT2D eigenvalue weighted by Gasteiger charge is 2.47. The Morgan fingerprint density at radius 3 is 2.66 bits per heavy atom. The third-order valence-corrected chi connectivity index (χ3v) is 7.66. The van der Waals surface area contributed by atoms with E-state index in [1.54, 1.807) is 22.3 Å². The zero-order valence-corrected chi connectivity index (χ0v) is 17.6. The van der Waals surface area contributed by atoms with Gasteiger partial charge in [0.1, 0.15) is 11.3 Å². The predicted molar refractivity (Wildman–Crippen MR) is 111 cm³/mol. The Kier molecular flexibility index (Phi) is 4.48. The summed E-state index contributed by atoms with van der Waals surface area (Å²) in [5, 5.41) is 12.3. The normalized spacial score (nSPS) is 24.2. The molecule has 0 spiro atoms. The third-order valence-electron chi connectivity index (χ3n) is 6.46. The van der Waals surface area contributed by atoms with Crippen molar-refractivity contribution in [3.05, 3.63) is 58.2 Å². The molecule has 2 aliphatic heterocycles. The fraction of sp³-hybridized carbons (Fsp3) is 0.429. The van der Waals surface area contributed by atoms with Crippen LogP contribution in [0.2, 0.25) is 0 Å². The standard InChI is InChI=1S/C21H24N6OS/c1-13-14(2)29-21(27-12-22-23-24-27)18(13)20(28)26-10-16-9-25(3)19(17(16)11-26)15-7-5-4-6-8-15/h4-8,12,16-17,19H,9-11H2,1-3H3/t16-,17+,19-/m0/s1. The number of likely N-dealkylation sites (tertiary alicyclic amines) is 2. The average Bonchev–Trinajstić information content (AvgIpc) is 3.47. The molecule has 2 aromatic heterocycles. The SMILES string of the molecule is Cc1sc(-n2cnnn2)c(C(=O)N2C[C@@H]3CN(C)[C@@H](c4ccccc4)[C@@H]3C2)c1C. The Hall–Kier alpha value is -2.58. The molecule has 3 aromatic rings. The van der Waals surface area contributed by atoms with E-state index in [-0.39, 0.29) is 5.91 Å². The number of hydrogen-bond donors (Lipinski definition) is 0. The Bertz CT molecular complexity index is 1030. The minimum absolute atomic E-state index is 0.0983. The van der Waals surface area contributed by atoms with Gasteiger partial charge in [0.05, 0.1) is 5.56 Å². The summed E-state index contributed by atoms with van der Waals surface area (Å²) in [6.07, 6.45) is 1.56. The summed E-state index contributed by atoms with van der Waals surface area (Å²) in [7, 11) is 2.20. The maximum Gasteiger partial charge on any atom is 0.257 e. The summed E-state index contributed by atoms with van der Waals surface area (Å²) in [4.78, 5) is 19.2. The first-order valence-corrected chi connectivity index (χ1v) is 10.7. The van der Waals surface area contributed by atoms with Crippen LogP contribution in [-0.2, 0) is 0 Å². The molecule has 2 saturated heterocycles. The quantitative estimate of drug-likeness (QED) is 0.667. The number of aryl methyl sites for hydroxylation is 1. The van der Waals surface area contributed by atoms with E-state index in [0.29, 0.717) is 17.9 Å². The second kappa shape index (κ2) is 7.03. The van der Waals surface area contributed by atoms with Gasteiger partial charge in [0, 0.05) is 36.5 Å². The lowest BCUT2D eigenvalue weighted by atomic mass is 9.90. The molecule has 0 unspecified atom stereocenters. The molecule has 29 heavy (non-hydrogen) atoms. The summed E-state index contributed by atoms with van der Waals surface area (Å²) >= 11 is 1.57. The minimum Gasteiger partial charge on any atom is -0.338 e. The van der Waals surface area contributed by atoms with E-state index in [4.69, 9.17) is 0 Å². The largest absolute Gasteiger partial charge is 0.338 e. The molecule has 5 rings (SSSR count). The predicted octanol–water partition coefficient (Wildman–Crippen LogP) is 2.72. The molecule has 1 aromatic carbocycles. The number of carbonyl (C=O) groups is 1. The van der Waals surface area contributed by atoms with Gasteiger partial charge in [-0.05, 0) is 48.4 Å². The van der Waals surface area contributed by atoms with Crippen molar-refractivity contribution in [2.75, 3.05) is 26.7 Å². The summed E-state index contributed by atoms with van der Waals surface area (Å²) in [6.45, 7) is 6.68. The molecule has 8 heteroatoms. The van der Waals surface area contributed by atoms with E-state index in [1.165, 1.54) is 5.56 Å². The molecule has 7 nitrogen and oxygen atoms in total. The van der Waals surface area contributed by atoms with Gasteiger partial charge in [-0.2, -0.15) is 4.68 Å². The van der Waals surface area contributed by atoms with Crippen LogP contribution in [0.5, 0.6) is 0 Å². The second-order valence-corrected chi connectivity index (χ2v) is 9.35. The highest BCUT2D eigenvalue weighted by atomic mass is 32.1. The molecule has 0 radical (unpaired) electrons. The molecule has 1 amide bonds. The summed E-state index contributed by atoms with van der Waals surface area (Å²) in [5.74, 6) is 1.06. The van der Waals surface area contributed by atoms with Gasteiger partial charge in [-0.1, -0.05) is 30.3 Å². The Balaban J connectivity index is 1.44. The Morgan fingerprint density at radius 1 is 1.14 bits per heavy atom. The molecular weight excluding hydrogens is 384 g/mol. The smallest absolute Gasteiger partial charge is 0.257 e. The number of carbonyl (C=O) groups excluding carboxylic acids is 1. The van der Waals surface area contributed by atoms with Crippen molar-refractivity contribution in [1.29, 1.82) is 0 Å². The zero-order valence-electron chi connectivity index (χ0n) is 16.8. The highest BCUT2D eigenvalue weighted by Crippen LogP contribution is 2.44. The van der Waals surface area contributed by atoms with Gasteiger partial charge in [0.25, 0.3) is 5.91 Å². The lowest BCUT2D eigenvalue weighted by Crippen LogP contribution is -2.34. The number of fused-ring (bicyclic) bond motifs is 1. The van der Waals surface area contributed by atoms with Crippen molar-refractivity contribution in [2.24, 2.45) is 11.8 Å². The topological polar surface area (TPSA) is 67.2 Å². The van der Waals surface area contributed by atoms with Gasteiger partial charge >= 0.3 is 0 Å². The van der Waals surface area contributed by atoms with Crippen LogP contribution in [0.3, 0.4) is 0 Å². The van der Waals surface area contributed by atoms with E-state index >= 15 is 0 Å². The first-order chi connectivity index (χ1) is 14.0. The zero-order chi connectivity index (χ0) is 20.1. The number of hydrogen-bond acceptors (Lipinski definition) is 6. The highest BCUT2D eigenvalue weighted by molar-refractivity contribution is 7.15. The van der Waals surface area contributed by atoms with Gasteiger partial charge in [0.2, 0.25) is 0 Å². The van der Waals surface area contributed by atoms with Crippen molar-refractivity contribution in [3.8, 4) is 5.00 Å². The number of benzene rings is 1. The number of tetrazole rings is 1. The van der Waals surface area contributed by atoms with Crippen LogP contribution in [0, 0.1) is 25.7 Å². The molecule has 2 aliphatic rings. The van der Waals surface area contributed by atoms with Crippen molar-refractivity contribution >= 4 is 17.2 Å². The maximum absolute atomic E-state index is 13.6. The van der Waals surface area contributed by atoms with E-state index < -0.39 is 0 Å². The lowest BCUT2D eigenvalue weighted by Gasteiger charge is -2.27. The summed E-state index contributed by atoms with van der Waals surface area (Å²) < 4.78 is 1.61. The second-order valence-electron chi connectivity index (χ2n) is 8.15. The van der Waals surface area contributed by atoms with Crippen molar-refractivity contribution in [2.45, 2.75) is 19.9 Å². The van der Waals surface area contributed by atoms with E-state index in [9.17, 15) is 4.79 Å². The van der Waals surface area contributed by atoms with Crippen LogP contribution in [0.15, 0.2) is 36.7 Å². The molecule has 150 valence electrons. The van der Waals surface area contributed by atoms with Gasteiger partial charge < -0.3 is 4.90 Å². The molecular formula is C21H24N6OS. The van der Waals surface area contributed by atoms with E-state index in [1.807, 2.05) is 18.7 Å². The monoisotopic (exact) mass is 408 g/mol. The summed E-state index contributed by atoms with van der Waals surface area (Å²) in [6, 6.07) is 11.0. The van der Waals surface area contributed by atoms with Gasteiger partial charge in [0.15, 0.2) is 0 Å². The fourth-order valence-electron chi connectivity index (χ4n) is 5.01. The molecule has 0 saturated carbocycles.